The van der Waals surface area contributed by atoms with Crippen LogP contribution < -0.4 is 19.5 Å². The van der Waals surface area contributed by atoms with Gasteiger partial charge in [0.1, 0.15) is 17.2 Å². The van der Waals surface area contributed by atoms with Crippen LogP contribution in [0, 0.1) is 0 Å². The molecular formula is C20H24ClO6P. The zero-order valence-corrected chi connectivity index (χ0v) is 18.2. The summed E-state index contributed by atoms with van der Waals surface area (Å²) in [6.07, 6.45) is -0.918. The van der Waals surface area contributed by atoms with Crippen LogP contribution in [0.15, 0.2) is 36.4 Å². The molecule has 0 saturated heterocycles. The van der Waals surface area contributed by atoms with Gasteiger partial charge in [0.2, 0.25) is 0 Å². The van der Waals surface area contributed by atoms with Gasteiger partial charge >= 0.3 is 0 Å². The summed E-state index contributed by atoms with van der Waals surface area (Å²) in [5.74, 6) is 1.49. The van der Waals surface area contributed by atoms with Gasteiger partial charge in [-0.15, -0.1) is 0 Å². The summed E-state index contributed by atoms with van der Waals surface area (Å²) >= 11 is 6.23. The summed E-state index contributed by atoms with van der Waals surface area (Å²) in [6.45, 7) is 3.54. The van der Waals surface area contributed by atoms with Gasteiger partial charge in [0, 0.05) is 25.6 Å². The third-order valence-electron chi connectivity index (χ3n) is 3.88. The summed E-state index contributed by atoms with van der Waals surface area (Å²) in [5, 5.41) is 1.05. The number of hydrogen-bond acceptors (Lipinski definition) is 6. The Morgan fingerprint density at radius 3 is 2.29 bits per heavy atom. The average molecular weight is 427 g/mol. The largest absolute Gasteiger partial charge is 0.496 e. The summed E-state index contributed by atoms with van der Waals surface area (Å²) < 4.78 is 27.1. The van der Waals surface area contributed by atoms with Crippen molar-refractivity contribution in [3.05, 3.63) is 47.0 Å². The van der Waals surface area contributed by atoms with Gasteiger partial charge < -0.3 is 23.7 Å². The predicted molar refractivity (Wildman–Crippen MR) is 111 cm³/mol. The molecule has 6 nitrogen and oxygen atoms in total. The maximum absolute atomic E-state index is 12.9. The molecule has 0 N–H and O–H groups in total. The molecule has 0 saturated carbocycles. The van der Waals surface area contributed by atoms with E-state index in [1.807, 2.05) is 0 Å². The Balaban J connectivity index is 2.34. The van der Waals surface area contributed by atoms with Crippen molar-refractivity contribution in [2.75, 3.05) is 21.3 Å². The Labute approximate surface area is 171 Å². The van der Waals surface area contributed by atoms with Crippen molar-refractivity contribution < 1.29 is 28.5 Å². The molecule has 0 amide bonds. The van der Waals surface area contributed by atoms with Gasteiger partial charge in [0.05, 0.1) is 17.7 Å². The molecule has 2 aromatic rings. The van der Waals surface area contributed by atoms with E-state index in [9.17, 15) is 4.79 Å². The molecule has 0 radical (unpaired) electrons. The molecule has 0 aliphatic heterocycles. The number of methoxy groups -OCH3 is 3. The minimum atomic E-state index is -0.497. The van der Waals surface area contributed by atoms with Crippen LogP contribution in [0.5, 0.6) is 17.2 Å². The molecule has 0 aromatic heterocycles. The first-order valence-electron chi connectivity index (χ1n) is 8.56. The second-order valence-electron chi connectivity index (χ2n) is 5.77. The zero-order chi connectivity index (χ0) is 20.7. The van der Waals surface area contributed by atoms with Crippen molar-refractivity contribution in [3.8, 4) is 17.2 Å². The van der Waals surface area contributed by atoms with Crippen molar-refractivity contribution in [2.24, 2.45) is 0 Å². The topological polar surface area (TPSA) is 63.2 Å². The first-order chi connectivity index (χ1) is 13.4. The molecule has 2 rings (SSSR count). The van der Waals surface area contributed by atoms with Gasteiger partial charge in [0.15, 0.2) is 18.1 Å². The summed E-state index contributed by atoms with van der Waals surface area (Å²) in [6, 6.07) is 10.4. The lowest BCUT2D eigenvalue weighted by Crippen LogP contribution is -2.19. The second kappa shape index (κ2) is 10.6. The minimum absolute atomic E-state index is 0.156. The molecule has 28 heavy (non-hydrogen) atoms. The standard InChI is InChI=1S/C20H24ClO6P/c1-12(23-3)26-14-9-10-18(17(11-14)27-13(2)24-4)28-20(22)19-15(21)7-6-8-16(19)25-5/h6-13,28H,1-5H3. The molecule has 152 valence electrons. The number of carbonyl (C=O) groups is 1. The summed E-state index contributed by atoms with van der Waals surface area (Å²) in [5.41, 5.74) is 0.195. The van der Waals surface area contributed by atoms with E-state index in [1.165, 1.54) is 7.11 Å². The highest BCUT2D eigenvalue weighted by Gasteiger charge is 2.20. The molecule has 0 spiro atoms. The van der Waals surface area contributed by atoms with Crippen LogP contribution >= 0.6 is 20.2 Å². The number of rotatable bonds is 10. The van der Waals surface area contributed by atoms with E-state index in [4.69, 9.17) is 35.3 Å². The third-order valence-corrected chi connectivity index (χ3v) is 5.36. The smallest absolute Gasteiger partial charge is 0.196 e. The molecule has 0 aliphatic rings. The Kier molecular flexibility index (Phi) is 8.52. The number of hydrogen-bond donors (Lipinski definition) is 0. The van der Waals surface area contributed by atoms with E-state index in [1.54, 1.807) is 64.5 Å². The first kappa shape index (κ1) is 22.4. The monoisotopic (exact) mass is 426 g/mol. The number of benzene rings is 2. The van der Waals surface area contributed by atoms with Crippen LogP contribution in [0.25, 0.3) is 0 Å². The van der Waals surface area contributed by atoms with Crippen LogP contribution in [0.4, 0.5) is 0 Å². The average Bonchev–Trinajstić information content (AvgIpc) is 2.69. The van der Waals surface area contributed by atoms with E-state index in [2.05, 4.69) is 0 Å². The van der Waals surface area contributed by atoms with E-state index < -0.39 is 12.6 Å². The normalized spacial score (nSPS) is 13.4. The first-order valence-corrected chi connectivity index (χ1v) is 9.94. The maximum Gasteiger partial charge on any atom is 0.196 e. The lowest BCUT2D eigenvalue weighted by molar-refractivity contribution is -0.0421. The molecule has 0 heterocycles. The Morgan fingerprint density at radius 2 is 1.64 bits per heavy atom. The lowest BCUT2D eigenvalue weighted by atomic mass is 10.2. The fourth-order valence-electron chi connectivity index (χ4n) is 2.32. The Morgan fingerprint density at radius 1 is 0.964 bits per heavy atom. The SMILES string of the molecule is COc1cccc(Cl)c1C(=O)Pc1ccc(OC(C)OC)cc1OC(C)OC. The van der Waals surface area contributed by atoms with Crippen LogP contribution in [-0.2, 0) is 9.47 Å². The lowest BCUT2D eigenvalue weighted by Gasteiger charge is -2.19. The molecule has 0 aliphatic carbocycles. The molecule has 0 fully saturated rings. The van der Waals surface area contributed by atoms with Crippen LogP contribution in [-0.4, -0.2) is 39.4 Å². The minimum Gasteiger partial charge on any atom is -0.496 e. The molecule has 2 aromatic carbocycles. The summed E-state index contributed by atoms with van der Waals surface area (Å²) in [4.78, 5) is 12.9. The predicted octanol–water partition coefficient (Wildman–Crippen LogP) is 4.24. The zero-order valence-electron chi connectivity index (χ0n) is 16.4. The van der Waals surface area contributed by atoms with Gasteiger partial charge in [-0.2, -0.15) is 0 Å². The van der Waals surface area contributed by atoms with Crippen LogP contribution in [0.1, 0.15) is 24.2 Å². The Hall–Kier alpha value is -1.85. The van der Waals surface area contributed by atoms with Gasteiger partial charge in [0.25, 0.3) is 0 Å². The quantitative estimate of drug-likeness (QED) is 0.418. The second-order valence-corrected chi connectivity index (χ2v) is 7.42. The van der Waals surface area contributed by atoms with E-state index >= 15 is 0 Å². The van der Waals surface area contributed by atoms with Gasteiger partial charge in [-0.05, 0) is 46.7 Å². The molecule has 8 heteroatoms. The van der Waals surface area contributed by atoms with Crippen molar-refractivity contribution in [3.63, 3.8) is 0 Å². The van der Waals surface area contributed by atoms with Crippen molar-refractivity contribution in [2.45, 2.75) is 26.4 Å². The van der Waals surface area contributed by atoms with Gasteiger partial charge in [-0.3, -0.25) is 4.79 Å². The number of halogens is 1. The fraction of sp³-hybridized carbons (Fsp3) is 0.350. The number of carbonyl (C=O) groups excluding carboxylic acids is 1. The number of ether oxygens (including phenoxy) is 5. The third kappa shape index (κ3) is 5.82. The van der Waals surface area contributed by atoms with Crippen molar-refractivity contribution >= 4 is 31.0 Å². The highest BCUT2D eigenvalue weighted by atomic mass is 35.5. The van der Waals surface area contributed by atoms with Gasteiger partial charge in [-0.1, -0.05) is 17.7 Å². The van der Waals surface area contributed by atoms with E-state index in [-0.39, 0.29) is 14.1 Å². The molecular weight excluding hydrogens is 403 g/mol. The highest BCUT2D eigenvalue weighted by molar-refractivity contribution is 7.66. The van der Waals surface area contributed by atoms with Crippen molar-refractivity contribution in [1.82, 2.24) is 0 Å². The maximum atomic E-state index is 12.9. The Bertz CT molecular complexity index is 813. The van der Waals surface area contributed by atoms with E-state index in [0.29, 0.717) is 33.1 Å². The highest BCUT2D eigenvalue weighted by Crippen LogP contribution is 2.34. The van der Waals surface area contributed by atoms with Crippen LogP contribution in [0.2, 0.25) is 5.02 Å². The molecule has 3 unspecified atom stereocenters. The van der Waals surface area contributed by atoms with Crippen LogP contribution in [0.3, 0.4) is 0 Å². The molecule has 0 bridgehead atoms. The van der Waals surface area contributed by atoms with Crippen molar-refractivity contribution in [1.29, 1.82) is 0 Å². The molecule has 3 atom stereocenters. The summed E-state index contributed by atoms with van der Waals surface area (Å²) in [7, 11) is 4.37. The van der Waals surface area contributed by atoms with E-state index in [0.717, 1.165) is 0 Å². The van der Waals surface area contributed by atoms with Gasteiger partial charge in [-0.25, -0.2) is 0 Å². The fourth-order valence-corrected chi connectivity index (χ4v) is 3.70.